The Morgan fingerprint density at radius 2 is 2.31 bits per heavy atom. The van der Waals surface area contributed by atoms with E-state index in [0.717, 1.165) is 10.1 Å². The van der Waals surface area contributed by atoms with Gasteiger partial charge in [0.2, 0.25) is 0 Å². The molecule has 0 amide bonds. The summed E-state index contributed by atoms with van der Waals surface area (Å²) in [6.45, 7) is 0. The molecule has 0 bridgehead atoms. The van der Waals surface area contributed by atoms with Crippen LogP contribution < -0.4 is 0 Å². The number of benzene rings is 1. The Morgan fingerprint density at radius 3 is 2.94 bits per heavy atom. The molecule has 0 saturated heterocycles. The lowest BCUT2D eigenvalue weighted by atomic mass is 10.2. The van der Waals surface area contributed by atoms with Crippen LogP contribution in [0.2, 0.25) is 5.02 Å². The molecule has 0 aliphatic carbocycles. The van der Waals surface area contributed by atoms with Gasteiger partial charge in [0.25, 0.3) is 0 Å². The Labute approximate surface area is 102 Å². The van der Waals surface area contributed by atoms with Gasteiger partial charge in [-0.1, -0.05) is 11.6 Å². The molecule has 0 radical (unpaired) electrons. The van der Waals surface area contributed by atoms with Crippen LogP contribution in [0.5, 0.6) is 0 Å². The highest BCUT2D eigenvalue weighted by molar-refractivity contribution is 7.99. The van der Waals surface area contributed by atoms with Crippen LogP contribution >= 0.6 is 23.4 Å². The highest BCUT2D eigenvalue weighted by Gasteiger charge is 2.08. The van der Waals surface area contributed by atoms with Gasteiger partial charge in [0.05, 0.1) is 5.56 Å². The number of hydrogen-bond acceptors (Lipinski definition) is 4. The van der Waals surface area contributed by atoms with Gasteiger partial charge >= 0.3 is 0 Å². The highest BCUT2D eigenvalue weighted by atomic mass is 35.5. The molecule has 2 rings (SSSR count). The molecule has 0 unspecified atom stereocenters. The third-order valence-electron chi connectivity index (χ3n) is 1.94. The van der Waals surface area contributed by atoms with Crippen LogP contribution in [0.15, 0.2) is 34.6 Å². The minimum absolute atomic E-state index is 0.581. The summed E-state index contributed by atoms with van der Waals surface area (Å²) >= 11 is 7.26. The number of halogens is 1. The lowest BCUT2D eigenvalue weighted by Crippen LogP contribution is -1.89. The zero-order chi connectivity index (χ0) is 11.5. The summed E-state index contributed by atoms with van der Waals surface area (Å²) in [5, 5.41) is 18.0. The Bertz CT molecular complexity index is 558. The predicted molar refractivity (Wildman–Crippen MR) is 61.3 cm³/mol. The van der Waals surface area contributed by atoms with Crippen molar-refractivity contribution in [2.75, 3.05) is 0 Å². The van der Waals surface area contributed by atoms with Crippen molar-refractivity contribution in [3.8, 4) is 6.07 Å². The van der Waals surface area contributed by atoms with Crippen LogP contribution in [0, 0.1) is 11.3 Å². The molecule has 4 nitrogen and oxygen atoms in total. The zero-order valence-electron chi connectivity index (χ0n) is 8.38. The second-order valence-electron chi connectivity index (χ2n) is 3.08. The smallest absolute Gasteiger partial charge is 0.195 e. The van der Waals surface area contributed by atoms with Crippen molar-refractivity contribution < 1.29 is 0 Å². The van der Waals surface area contributed by atoms with E-state index in [1.807, 2.05) is 7.05 Å². The summed E-state index contributed by atoms with van der Waals surface area (Å²) in [5.74, 6) is 0. The van der Waals surface area contributed by atoms with E-state index in [-0.39, 0.29) is 0 Å². The maximum atomic E-state index is 8.96. The van der Waals surface area contributed by atoms with Crippen LogP contribution in [-0.4, -0.2) is 14.8 Å². The quantitative estimate of drug-likeness (QED) is 0.822. The summed E-state index contributed by atoms with van der Waals surface area (Å²) < 4.78 is 1.78. The third kappa shape index (κ3) is 2.18. The van der Waals surface area contributed by atoms with E-state index in [4.69, 9.17) is 16.9 Å². The van der Waals surface area contributed by atoms with Crippen LogP contribution in [0.4, 0.5) is 0 Å². The SMILES string of the molecule is Cn1cnnc1Sc1cc(Cl)ccc1C#N. The number of nitrogens with zero attached hydrogens (tertiary/aromatic N) is 4. The minimum Gasteiger partial charge on any atom is -0.311 e. The van der Waals surface area contributed by atoms with Gasteiger partial charge in [-0.25, -0.2) is 0 Å². The molecular formula is C10H7ClN4S. The molecule has 1 aromatic carbocycles. The normalized spacial score (nSPS) is 10.1. The first-order chi connectivity index (χ1) is 7.70. The third-order valence-corrected chi connectivity index (χ3v) is 3.28. The number of aryl methyl sites for hydroxylation is 1. The van der Waals surface area contributed by atoms with Crippen molar-refractivity contribution in [2.24, 2.45) is 7.05 Å². The fraction of sp³-hybridized carbons (Fsp3) is 0.100. The molecule has 0 spiro atoms. The second-order valence-corrected chi connectivity index (χ2v) is 4.52. The van der Waals surface area contributed by atoms with Crippen LogP contribution in [0.1, 0.15) is 5.56 Å². The van der Waals surface area contributed by atoms with E-state index in [9.17, 15) is 0 Å². The highest BCUT2D eigenvalue weighted by Crippen LogP contribution is 2.30. The van der Waals surface area contributed by atoms with Gasteiger partial charge in [-0.3, -0.25) is 0 Å². The lowest BCUT2D eigenvalue weighted by molar-refractivity contribution is 0.788. The maximum absolute atomic E-state index is 8.96. The molecule has 80 valence electrons. The van der Waals surface area contributed by atoms with E-state index in [2.05, 4.69) is 16.3 Å². The van der Waals surface area contributed by atoms with Gasteiger partial charge in [0.1, 0.15) is 12.4 Å². The molecule has 6 heteroatoms. The predicted octanol–water partition coefficient (Wildman–Crippen LogP) is 2.49. The van der Waals surface area contributed by atoms with E-state index in [0.29, 0.717) is 10.6 Å². The Hall–Kier alpha value is -1.51. The molecule has 1 heterocycles. The van der Waals surface area contributed by atoms with Gasteiger partial charge in [0.15, 0.2) is 5.16 Å². The second kappa shape index (κ2) is 4.56. The topological polar surface area (TPSA) is 54.5 Å². The van der Waals surface area contributed by atoms with Crippen molar-refractivity contribution in [2.45, 2.75) is 10.1 Å². The summed E-state index contributed by atoms with van der Waals surface area (Å²) in [5.41, 5.74) is 0.581. The van der Waals surface area contributed by atoms with Gasteiger partial charge in [-0.15, -0.1) is 10.2 Å². The molecule has 0 aliphatic heterocycles. The van der Waals surface area contributed by atoms with E-state index in [1.54, 1.807) is 29.1 Å². The minimum atomic E-state index is 0.581. The summed E-state index contributed by atoms with van der Waals surface area (Å²) in [6, 6.07) is 7.26. The molecule has 0 fully saturated rings. The summed E-state index contributed by atoms with van der Waals surface area (Å²) in [7, 11) is 1.85. The number of nitriles is 1. The van der Waals surface area contributed by atoms with Crippen molar-refractivity contribution in [3.05, 3.63) is 35.1 Å². The Morgan fingerprint density at radius 1 is 1.50 bits per heavy atom. The number of rotatable bonds is 2. The molecule has 0 saturated carbocycles. The summed E-state index contributed by atoms with van der Waals surface area (Å²) in [4.78, 5) is 0.783. The van der Waals surface area contributed by atoms with Crippen LogP contribution in [-0.2, 0) is 7.05 Å². The number of hydrogen-bond donors (Lipinski definition) is 0. The first-order valence-electron chi connectivity index (χ1n) is 4.42. The van der Waals surface area contributed by atoms with E-state index < -0.39 is 0 Å². The standard InChI is InChI=1S/C10H7ClN4S/c1-15-6-13-14-10(15)16-9-4-8(11)3-2-7(9)5-12/h2-4,6H,1H3. The summed E-state index contributed by atoms with van der Waals surface area (Å²) in [6.07, 6.45) is 1.61. The molecule has 1 aromatic heterocycles. The molecule has 0 aliphatic rings. The fourth-order valence-electron chi connectivity index (χ4n) is 1.14. The molecule has 0 N–H and O–H groups in total. The Balaban J connectivity index is 2.38. The molecule has 0 atom stereocenters. The fourth-order valence-corrected chi connectivity index (χ4v) is 2.26. The average Bonchev–Trinajstić information content (AvgIpc) is 2.65. The monoisotopic (exact) mass is 250 g/mol. The van der Waals surface area contributed by atoms with Gasteiger partial charge in [-0.05, 0) is 30.0 Å². The van der Waals surface area contributed by atoms with E-state index in [1.165, 1.54) is 11.8 Å². The lowest BCUT2D eigenvalue weighted by Gasteiger charge is -2.03. The van der Waals surface area contributed by atoms with Gasteiger partial charge in [-0.2, -0.15) is 5.26 Å². The van der Waals surface area contributed by atoms with Crippen LogP contribution in [0.3, 0.4) is 0 Å². The van der Waals surface area contributed by atoms with Gasteiger partial charge < -0.3 is 4.57 Å². The molecular weight excluding hydrogens is 244 g/mol. The van der Waals surface area contributed by atoms with Crippen molar-refractivity contribution in [1.29, 1.82) is 5.26 Å². The first kappa shape index (κ1) is 11.0. The average molecular weight is 251 g/mol. The maximum Gasteiger partial charge on any atom is 0.195 e. The Kier molecular flexibility index (Phi) is 3.13. The zero-order valence-corrected chi connectivity index (χ0v) is 9.96. The van der Waals surface area contributed by atoms with Crippen molar-refractivity contribution in [3.63, 3.8) is 0 Å². The number of aromatic nitrogens is 3. The van der Waals surface area contributed by atoms with Crippen LogP contribution in [0.25, 0.3) is 0 Å². The van der Waals surface area contributed by atoms with Crippen molar-refractivity contribution in [1.82, 2.24) is 14.8 Å². The van der Waals surface area contributed by atoms with Crippen molar-refractivity contribution >= 4 is 23.4 Å². The van der Waals surface area contributed by atoms with E-state index >= 15 is 0 Å². The largest absolute Gasteiger partial charge is 0.311 e. The molecule has 2 aromatic rings. The first-order valence-corrected chi connectivity index (χ1v) is 5.61. The molecule has 16 heavy (non-hydrogen) atoms. The van der Waals surface area contributed by atoms with Gasteiger partial charge in [0, 0.05) is 17.0 Å².